The summed E-state index contributed by atoms with van der Waals surface area (Å²) in [6, 6.07) is 8.09. The number of nitrogens with one attached hydrogen (secondary N) is 3. The van der Waals surface area contributed by atoms with Gasteiger partial charge in [0, 0.05) is 31.5 Å². The van der Waals surface area contributed by atoms with E-state index in [0.29, 0.717) is 6.54 Å². The molecule has 0 bridgehead atoms. The first-order valence-electron chi connectivity index (χ1n) is 7.50. The van der Waals surface area contributed by atoms with Crippen molar-refractivity contribution < 1.29 is 14.5 Å². The summed E-state index contributed by atoms with van der Waals surface area (Å²) in [7, 11) is 0. The molecule has 1 aromatic rings. The highest BCUT2D eigenvalue weighted by atomic mass is 16.2. The highest BCUT2D eigenvalue weighted by Gasteiger charge is 2.24. The van der Waals surface area contributed by atoms with Gasteiger partial charge in [-0.2, -0.15) is 0 Å². The molecule has 2 amide bonds. The maximum Gasteiger partial charge on any atom is 0.279 e. The number of hydrogen-bond acceptors (Lipinski definition) is 2. The Kier molecular flexibility index (Phi) is 5.33. The van der Waals surface area contributed by atoms with Crippen LogP contribution in [0.5, 0.6) is 0 Å². The lowest BCUT2D eigenvalue weighted by atomic mass is 10.1. The van der Waals surface area contributed by atoms with Crippen LogP contribution in [0.4, 0.5) is 5.69 Å². The van der Waals surface area contributed by atoms with Gasteiger partial charge >= 0.3 is 0 Å². The van der Waals surface area contributed by atoms with E-state index >= 15 is 0 Å². The largest absolute Gasteiger partial charge is 0.353 e. The molecular weight excluding hydrogens is 266 g/mol. The van der Waals surface area contributed by atoms with E-state index in [1.54, 1.807) is 6.92 Å². The lowest BCUT2D eigenvalue weighted by Crippen LogP contribution is -3.14. The summed E-state index contributed by atoms with van der Waals surface area (Å²) >= 11 is 0. The first-order chi connectivity index (χ1) is 10.0. The minimum absolute atomic E-state index is 0.0283. The molecule has 0 spiro atoms. The van der Waals surface area contributed by atoms with E-state index in [2.05, 4.69) is 10.6 Å². The standard InChI is InChI=1S/C16H23N3O2/c1-12-3-5-14(6-4-12)18-16(21)11-19-9-7-15(8-10-19)17-13(2)20/h3-6,15H,7-11H2,1-2H3,(H,17,20)(H,18,21)/p+1. The van der Waals surface area contributed by atoms with Crippen molar-refractivity contribution in [2.45, 2.75) is 32.7 Å². The maximum absolute atomic E-state index is 12.0. The van der Waals surface area contributed by atoms with Crippen LogP contribution < -0.4 is 15.5 Å². The minimum Gasteiger partial charge on any atom is -0.353 e. The van der Waals surface area contributed by atoms with E-state index in [0.717, 1.165) is 31.6 Å². The third kappa shape index (κ3) is 5.19. The van der Waals surface area contributed by atoms with E-state index in [-0.39, 0.29) is 17.9 Å². The third-order valence-corrected chi connectivity index (χ3v) is 3.85. The second-order valence-electron chi connectivity index (χ2n) is 5.82. The average Bonchev–Trinajstić information content (AvgIpc) is 2.43. The molecule has 1 aromatic carbocycles. The lowest BCUT2D eigenvalue weighted by Gasteiger charge is -2.29. The van der Waals surface area contributed by atoms with Crippen LogP contribution in [0.15, 0.2) is 24.3 Å². The number of anilines is 1. The summed E-state index contributed by atoms with van der Waals surface area (Å²) in [4.78, 5) is 24.3. The third-order valence-electron chi connectivity index (χ3n) is 3.85. The molecule has 1 aliphatic heterocycles. The second kappa shape index (κ2) is 7.22. The van der Waals surface area contributed by atoms with Gasteiger partial charge in [-0.15, -0.1) is 0 Å². The molecule has 0 atom stereocenters. The Morgan fingerprint density at radius 1 is 1.19 bits per heavy atom. The van der Waals surface area contributed by atoms with Crippen molar-refractivity contribution in [2.24, 2.45) is 0 Å². The highest BCUT2D eigenvalue weighted by Crippen LogP contribution is 2.07. The first-order valence-corrected chi connectivity index (χ1v) is 7.50. The van der Waals surface area contributed by atoms with Crippen molar-refractivity contribution in [2.75, 3.05) is 25.0 Å². The first kappa shape index (κ1) is 15.5. The Balaban J connectivity index is 1.74. The molecule has 0 aliphatic carbocycles. The van der Waals surface area contributed by atoms with Crippen LogP contribution in [0.3, 0.4) is 0 Å². The number of amides is 2. The number of carbonyl (C=O) groups is 2. The molecule has 0 aromatic heterocycles. The van der Waals surface area contributed by atoms with E-state index in [9.17, 15) is 9.59 Å². The summed E-state index contributed by atoms with van der Waals surface area (Å²) < 4.78 is 0. The summed E-state index contributed by atoms with van der Waals surface area (Å²) in [5.41, 5.74) is 2.02. The van der Waals surface area contributed by atoms with Crippen molar-refractivity contribution in [1.82, 2.24) is 5.32 Å². The van der Waals surface area contributed by atoms with E-state index in [1.165, 1.54) is 10.5 Å². The highest BCUT2D eigenvalue weighted by molar-refractivity contribution is 5.91. The number of benzene rings is 1. The predicted octanol–water partition coefficient (Wildman–Crippen LogP) is 0.117. The van der Waals surface area contributed by atoms with Gasteiger partial charge in [0.1, 0.15) is 0 Å². The Hall–Kier alpha value is -1.88. The molecule has 1 saturated heterocycles. The van der Waals surface area contributed by atoms with Crippen LogP contribution in [0.1, 0.15) is 25.3 Å². The van der Waals surface area contributed by atoms with E-state index in [4.69, 9.17) is 0 Å². The lowest BCUT2D eigenvalue weighted by molar-refractivity contribution is -0.897. The number of quaternary nitrogens is 1. The van der Waals surface area contributed by atoms with Crippen LogP contribution in [0.25, 0.3) is 0 Å². The molecule has 1 fully saturated rings. The Bertz CT molecular complexity index is 491. The van der Waals surface area contributed by atoms with E-state index < -0.39 is 0 Å². The fourth-order valence-corrected chi connectivity index (χ4v) is 2.70. The average molecular weight is 290 g/mol. The zero-order valence-corrected chi connectivity index (χ0v) is 12.7. The zero-order chi connectivity index (χ0) is 15.2. The molecule has 114 valence electrons. The van der Waals surface area contributed by atoms with Crippen LogP contribution in [-0.4, -0.2) is 37.5 Å². The number of hydrogen-bond donors (Lipinski definition) is 3. The molecule has 3 N–H and O–H groups in total. The van der Waals surface area contributed by atoms with Crippen LogP contribution >= 0.6 is 0 Å². The molecule has 0 radical (unpaired) electrons. The topological polar surface area (TPSA) is 62.6 Å². The fourth-order valence-electron chi connectivity index (χ4n) is 2.70. The number of piperidine rings is 1. The van der Waals surface area contributed by atoms with Crippen molar-refractivity contribution in [3.05, 3.63) is 29.8 Å². The van der Waals surface area contributed by atoms with Crippen molar-refractivity contribution in [1.29, 1.82) is 0 Å². The number of aryl methyl sites for hydroxylation is 1. The van der Waals surface area contributed by atoms with E-state index in [1.807, 2.05) is 31.2 Å². The number of rotatable bonds is 4. The number of likely N-dealkylation sites (tertiary alicyclic amines) is 1. The Morgan fingerprint density at radius 3 is 2.38 bits per heavy atom. The van der Waals surface area contributed by atoms with Crippen molar-refractivity contribution in [3.8, 4) is 0 Å². The monoisotopic (exact) mass is 290 g/mol. The van der Waals surface area contributed by atoms with Gasteiger partial charge in [0.05, 0.1) is 13.1 Å². The van der Waals surface area contributed by atoms with Gasteiger partial charge in [-0.1, -0.05) is 17.7 Å². The van der Waals surface area contributed by atoms with Gasteiger partial charge in [0.25, 0.3) is 5.91 Å². The fraction of sp³-hybridized carbons (Fsp3) is 0.500. The maximum atomic E-state index is 12.0. The molecule has 1 aliphatic rings. The normalized spacial score (nSPS) is 21.6. The van der Waals surface area contributed by atoms with Crippen molar-refractivity contribution in [3.63, 3.8) is 0 Å². The predicted molar refractivity (Wildman–Crippen MR) is 82.2 cm³/mol. The molecule has 5 heteroatoms. The SMILES string of the molecule is CC(=O)NC1CC[NH+](CC(=O)Nc2ccc(C)cc2)CC1. The second-order valence-corrected chi connectivity index (χ2v) is 5.82. The quantitative estimate of drug-likeness (QED) is 0.737. The molecule has 5 nitrogen and oxygen atoms in total. The molecule has 1 heterocycles. The van der Waals surface area contributed by atoms with Crippen molar-refractivity contribution >= 4 is 17.5 Å². The van der Waals surface area contributed by atoms with Crippen LogP contribution in [-0.2, 0) is 9.59 Å². The molecule has 21 heavy (non-hydrogen) atoms. The number of carbonyl (C=O) groups excluding carboxylic acids is 2. The Morgan fingerprint density at radius 2 is 1.81 bits per heavy atom. The smallest absolute Gasteiger partial charge is 0.279 e. The molecule has 0 unspecified atom stereocenters. The van der Waals surface area contributed by atoms with Gasteiger partial charge in [-0.3, -0.25) is 9.59 Å². The molecule has 0 saturated carbocycles. The molecular formula is C16H24N3O2+. The van der Waals surface area contributed by atoms with Gasteiger partial charge in [0.2, 0.25) is 5.91 Å². The van der Waals surface area contributed by atoms with Gasteiger partial charge in [-0.25, -0.2) is 0 Å². The summed E-state index contributed by atoms with van der Waals surface area (Å²) in [5.74, 6) is 0.0763. The van der Waals surface area contributed by atoms with Gasteiger partial charge in [-0.05, 0) is 19.1 Å². The van der Waals surface area contributed by atoms with Gasteiger partial charge < -0.3 is 15.5 Å². The Labute approximate surface area is 125 Å². The summed E-state index contributed by atoms with van der Waals surface area (Å²) in [6.45, 7) is 5.91. The van der Waals surface area contributed by atoms with Crippen LogP contribution in [0, 0.1) is 6.92 Å². The van der Waals surface area contributed by atoms with Gasteiger partial charge in [0.15, 0.2) is 6.54 Å². The molecule has 2 rings (SSSR count). The minimum atomic E-state index is 0.0283. The summed E-state index contributed by atoms with van der Waals surface area (Å²) in [6.07, 6.45) is 1.87. The zero-order valence-electron chi connectivity index (χ0n) is 12.7. The summed E-state index contributed by atoms with van der Waals surface area (Å²) in [5, 5.41) is 5.88. The van der Waals surface area contributed by atoms with Crippen LogP contribution in [0.2, 0.25) is 0 Å².